The van der Waals surface area contributed by atoms with E-state index in [1.165, 1.54) is 12.8 Å². The lowest BCUT2D eigenvalue weighted by Gasteiger charge is -2.35. The number of nitrogens with one attached hydrogen (secondary N) is 1. The van der Waals surface area contributed by atoms with Gasteiger partial charge in [-0.15, -0.1) is 10.2 Å². The minimum absolute atomic E-state index is 0.123. The van der Waals surface area contributed by atoms with Crippen molar-refractivity contribution in [1.29, 1.82) is 0 Å². The molecule has 0 spiro atoms. The molecule has 5 heteroatoms. The average molecular weight is 309 g/mol. The first-order valence-corrected chi connectivity index (χ1v) is 7.26. The smallest absolute Gasteiger partial charge is 0.160 e. The van der Waals surface area contributed by atoms with Crippen LogP contribution in [0.1, 0.15) is 32.0 Å². The van der Waals surface area contributed by atoms with Crippen LogP contribution in [-0.2, 0) is 5.41 Å². The van der Waals surface area contributed by atoms with Crippen molar-refractivity contribution in [2.24, 2.45) is 0 Å². The summed E-state index contributed by atoms with van der Waals surface area (Å²) < 4.78 is 3.19. The minimum atomic E-state index is 0.123. The van der Waals surface area contributed by atoms with Gasteiger partial charge in [-0.05, 0) is 53.9 Å². The fourth-order valence-electron chi connectivity index (χ4n) is 2.85. The van der Waals surface area contributed by atoms with Crippen LogP contribution in [0.15, 0.2) is 22.8 Å². The Morgan fingerprint density at radius 2 is 2.33 bits per heavy atom. The Morgan fingerprint density at radius 1 is 1.44 bits per heavy atom. The molecule has 1 atom stereocenters. The number of hydrogen-bond donors (Lipinski definition) is 1. The van der Waals surface area contributed by atoms with Gasteiger partial charge in [0.15, 0.2) is 5.65 Å². The summed E-state index contributed by atoms with van der Waals surface area (Å²) >= 11 is 3.52. The number of halogens is 1. The van der Waals surface area contributed by atoms with Crippen LogP contribution in [0.3, 0.4) is 0 Å². The number of rotatable bonds is 2. The number of nitrogens with zero attached hydrogens (tertiary/aromatic N) is 3. The van der Waals surface area contributed by atoms with E-state index < -0.39 is 0 Å². The molecule has 96 valence electrons. The maximum Gasteiger partial charge on any atom is 0.160 e. The zero-order chi connectivity index (χ0) is 12.6. The zero-order valence-corrected chi connectivity index (χ0v) is 12.1. The summed E-state index contributed by atoms with van der Waals surface area (Å²) in [4.78, 5) is 0. The van der Waals surface area contributed by atoms with Crippen LogP contribution in [0.2, 0.25) is 0 Å². The van der Waals surface area contributed by atoms with Crippen molar-refractivity contribution in [1.82, 2.24) is 19.9 Å². The van der Waals surface area contributed by atoms with Gasteiger partial charge in [-0.2, -0.15) is 0 Å². The maximum absolute atomic E-state index is 4.46. The molecule has 0 bridgehead atoms. The fourth-order valence-corrected chi connectivity index (χ4v) is 3.18. The monoisotopic (exact) mass is 308 g/mol. The molecule has 1 saturated heterocycles. The van der Waals surface area contributed by atoms with Gasteiger partial charge in [-0.25, -0.2) is 0 Å². The first-order chi connectivity index (χ1) is 8.75. The molecule has 3 heterocycles. The van der Waals surface area contributed by atoms with Crippen LogP contribution in [0.25, 0.3) is 5.65 Å². The topological polar surface area (TPSA) is 42.2 Å². The van der Waals surface area contributed by atoms with Crippen molar-refractivity contribution in [3.05, 3.63) is 28.6 Å². The Balaban J connectivity index is 2.14. The van der Waals surface area contributed by atoms with E-state index in [0.29, 0.717) is 0 Å². The van der Waals surface area contributed by atoms with E-state index >= 15 is 0 Å². The van der Waals surface area contributed by atoms with Crippen molar-refractivity contribution < 1.29 is 0 Å². The summed E-state index contributed by atoms with van der Waals surface area (Å²) in [6, 6.07) is 4.01. The molecule has 1 unspecified atom stereocenters. The summed E-state index contributed by atoms with van der Waals surface area (Å²) in [6.45, 7) is 4.35. The van der Waals surface area contributed by atoms with Gasteiger partial charge >= 0.3 is 0 Å². The predicted molar refractivity (Wildman–Crippen MR) is 74.8 cm³/mol. The Bertz CT molecular complexity index is 557. The highest BCUT2D eigenvalue weighted by Gasteiger charge is 2.36. The molecule has 0 aromatic carbocycles. The van der Waals surface area contributed by atoms with Gasteiger partial charge in [0.05, 0.1) is 0 Å². The van der Waals surface area contributed by atoms with E-state index in [1.807, 2.05) is 12.1 Å². The molecular weight excluding hydrogens is 292 g/mol. The second-order valence-electron chi connectivity index (χ2n) is 5.01. The van der Waals surface area contributed by atoms with Gasteiger partial charge in [0, 0.05) is 22.6 Å². The van der Waals surface area contributed by atoms with Gasteiger partial charge in [0.2, 0.25) is 0 Å². The normalized spacial score (nSPS) is 24.6. The Morgan fingerprint density at radius 3 is 3.06 bits per heavy atom. The largest absolute Gasteiger partial charge is 0.316 e. The molecular formula is C13H17BrN4. The Hall–Kier alpha value is -0.940. The second kappa shape index (κ2) is 4.63. The number of pyridine rings is 1. The summed E-state index contributed by atoms with van der Waals surface area (Å²) in [5, 5.41) is 12.2. The fraction of sp³-hybridized carbons (Fsp3) is 0.538. The van der Waals surface area contributed by atoms with Crippen LogP contribution in [-0.4, -0.2) is 27.7 Å². The Kier molecular flexibility index (Phi) is 3.11. The zero-order valence-electron chi connectivity index (χ0n) is 10.5. The molecule has 0 radical (unpaired) electrons. The van der Waals surface area contributed by atoms with Crippen LogP contribution < -0.4 is 5.32 Å². The van der Waals surface area contributed by atoms with Crippen LogP contribution in [0, 0.1) is 0 Å². The first-order valence-electron chi connectivity index (χ1n) is 6.47. The highest BCUT2D eigenvalue weighted by molar-refractivity contribution is 9.10. The van der Waals surface area contributed by atoms with Crippen LogP contribution >= 0.6 is 15.9 Å². The lowest BCUT2D eigenvalue weighted by atomic mass is 9.77. The van der Waals surface area contributed by atoms with E-state index in [0.717, 1.165) is 35.5 Å². The summed E-state index contributed by atoms with van der Waals surface area (Å²) in [5.74, 6) is 1.09. The molecule has 4 nitrogen and oxygen atoms in total. The van der Waals surface area contributed by atoms with Crippen molar-refractivity contribution in [2.45, 2.75) is 31.6 Å². The average Bonchev–Trinajstić information content (AvgIpc) is 2.83. The van der Waals surface area contributed by atoms with E-state index in [4.69, 9.17) is 0 Å². The first kappa shape index (κ1) is 12.1. The summed E-state index contributed by atoms with van der Waals surface area (Å²) in [5.41, 5.74) is 1.05. The van der Waals surface area contributed by atoms with E-state index in [1.54, 1.807) is 0 Å². The highest BCUT2D eigenvalue weighted by Crippen LogP contribution is 2.33. The number of aromatic nitrogens is 3. The number of piperidine rings is 1. The SMILES string of the molecule is CCC1(c2nnc3ccc(Br)cn23)CCCNC1. The van der Waals surface area contributed by atoms with Crippen molar-refractivity contribution in [3.8, 4) is 0 Å². The molecule has 2 aromatic rings. The standard InChI is InChI=1S/C13H17BrN4/c1-2-13(6-3-7-15-9-13)12-17-16-11-5-4-10(14)8-18(11)12/h4-5,8,15H,2-3,6-7,9H2,1H3. The molecule has 3 rings (SSSR count). The van der Waals surface area contributed by atoms with Gasteiger partial charge in [-0.1, -0.05) is 6.92 Å². The molecule has 1 N–H and O–H groups in total. The van der Waals surface area contributed by atoms with E-state index in [-0.39, 0.29) is 5.41 Å². The lowest BCUT2D eigenvalue weighted by Crippen LogP contribution is -2.44. The quantitative estimate of drug-likeness (QED) is 0.927. The molecule has 1 fully saturated rings. The Labute approximate surface area is 115 Å². The minimum Gasteiger partial charge on any atom is -0.316 e. The molecule has 0 amide bonds. The third-order valence-corrected chi connectivity index (χ3v) is 4.46. The second-order valence-corrected chi connectivity index (χ2v) is 5.93. The lowest BCUT2D eigenvalue weighted by molar-refractivity contribution is 0.285. The predicted octanol–water partition coefficient (Wildman–Crippen LogP) is 2.52. The van der Waals surface area contributed by atoms with E-state index in [9.17, 15) is 0 Å². The number of hydrogen-bond acceptors (Lipinski definition) is 3. The molecule has 2 aromatic heterocycles. The van der Waals surface area contributed by atoms with Gasteiger partial charge in [0.1, 0.15) is 5.82 Å². The molecule has 0 saturated carbocycles. The van der Waals surface area contributed by atoms with E-state index in [2.05, 4.69) is 49.0 Å². The summed E-state index contributed by atoms with van der Waals surface area (Å²) in [7, 11) is 0. The van der Waals surface area contributed by atoms with Gasteiger partial charge < -0.3 is 5.32 Å². The molecule has 18 heavy (non-hydrogen) atoms. The van der Waals surface area contributed by atoms with Crippen LogP contribution in [0.4, 0.5) is 0 Å². The van der Waals surface area contributed by atoms with Crippen LogP contribution in [0.5, 0.6) is 0 Å². The molecule has 1 aliphatic rings. The number of fused-ring (bicyclic) bond motifs is 1. The third-order valence-electron chi connectivity index (χ3n) is 3.99. The van der Waals surface area contributed by atoms with Crippen molar-refractivity contribution >= 4 is 21.6 Å². The third kappa shape index (κ3) is 1.86. The molecule has 0 aliphatic carbocycles. The van der Waals surface area contributed by atoms with Crippen molar-refractivity contribution in [3.63, 3.8) is 0 Å². The summed E-state index contributed by atoms with van der Waals surface area (Å²) in [6.07, 6.45) is 5.55. The maximum atomic E-state index is 4.46. The molecule has 1 aliphatic heterocycles. The van der Waals surface area contributed by atoms with Gasteiger partial charge in [0.25, 0.3) is 0 Å². The van der Waals surface area contributed by atoms with Gasteiger partial charge in [-0.3, -0.25) is 4.40 Å². The highest BCUT2D eigenvalue weighted by atomic mass is 79.9. The van der Waals surface area contributed by atoms with Crippen molar-refractivity contribution in [2.75, 3.05) is 13.1 Å².